The predicted octanol–water partition coefficient (Wildman–Crippen LogP) is 2.79. The molecule has 0 radical (unpaired) electrons. The van der Waals surface area contributed by atoms with Crippen LogP contribution in [0.25, 0.3) is 0 Å². The highest BCUT2D eigenvalue weighted by Gasteiger charge is 2.05. The SMILES string of the molecule is CCCOc1ccc(C(=O)OCl)cc1. The van der Waals surface area contributed by atoms with Gasteiger partial charge < -0.3 is 9.03 Å². The van der Waals surface area contributed by atoms with Gasteiger partial charge in [0.1, 0.15) is 17.6 Å². The van der Waals surface area contributed by atoms with Crippen LogP contribution in [0, 0.1) is 0 Å². The molecular formula is C10H11ClO3. The second kappa shape index (κ2) is 5.50. The third-order valence-electron chi connectivity index (χ3n) is 1.63. The van der Waals surface area contributed by atoms with Crippen LogP contribution in [0.5, 0.6) is 5.75 Å². The van der Waals surface area contributed by atoms with Gasteiger partial charge in [-0.15, -0.1) is 0 Å². The Kier molecular flexibility index (Phi) is 4.26. The summed E-state index contributed by atoms with van der Waals surface area (Å²) >= 11 is 4.93. The molecule has 4 heteroatoms. The van der Waals surface area contributed by atoms with Gasteiger partial charge in [0.05, 0.1) is 12.2 Å². The van der Waals surface area contributed by atoms with Crippen LogP contribution in [-0.2, 0) is 4.29 Å². The maximum Gasteiger partial charge on any atom is 0.356 e. The molecule has 0 atom stereocenters. The van der Waals surface area contributed by atoms with Crippen LogP contribution in [0.2, 0.25) is 0 Å². The van der Waals surface area contributed by atoms with Crippen molar-refractivity contribution >= 4 is 17.8 Å². The van der Waals surface area contributed by atoms with Crippen LogP contribution in [-0.4, -0.2) is 12.6 Å². The number of carbonyl (C=O) groups is 1. The number of ether oxygens (including phenoxy) is 1. The van der Waals surface area contributed by atoms with Crippen molar-refractivity contribution in [1.82, 2.24) is 0 Å². The zero-order valence-electron chi connectivity index (χ0n) is 7.83. The average Bonchev–Trinajstić information content (AvgIpc) is 2.26. The van der Waals surface area contributed by atoms with Crippen molar-refractivity contribution < 1.29 is 13.8 Å². The largest absolute Gasteiger partial charge is 0.494 e. The monoisotopic (exact) mass is 214 g/mol. The van der Waals surface area contributed by atoms with E-state index in [-0.39, 0.29) is 0 Å². The first kappa shape index (κ1) is 10.9. The first-order valence-corrected chi connectivity index (χ1v) is 4.64. The van der Waals surface area contributed by atoms with Crippen molar-refractivity contribution in [2.45, 2.75) is 13.3 Å². The molecule has 0 N–H and O–H groups in total. The van der Waals surface area contributed by atoms with Crippen molar-refractivity contribution in [3.8, 4) is 5.75 Å². The molecule has 0 aliphatic carbocycles. The van der Waals surface area contributed by atoms with Crippen LogP contribution in [0.1, 0.15) is 23.7 Å². The predicted molar refractivity (Wildman–Crippen MR) is 53.5 cm³/mol. The molecule has 1 rings (SSSR count). The zero-order chi connectivity index (χ0) is 10.4. The van der Waals surface area contributed by atoms with Gasteiger partial charge in [-0.25, -0.2) is 4.79 Å². The lowest BCUT2D eigenvalue weighted by Crippen LogP contribution is -1.99. The Morgan fingerprint density at radius 2 is 2.00 bits per heavy atom. The smallest absolute Gasteiger partial charge is 0.356 e. The zero-order valence-corrected chi connectivity index (χ0v) is 8.58. The lowest BCUT2D eigenvalue weighted by atomic mass is 10.2. The Morgan fingerprint density at radius 1 is 1.36 bits per heavy atom. The number of hydrogen-bond acceptors (Lipinski definition) is 3. The van der Waals surface area contributed by atoms with Crippen molar-refractivity contribution in [1.29, 1.82) is 0 Å². The lowest BCUT2D eigenvalue weighted by Gasteiger charge is -2.04. The summed E-state index contributed by atoms with van der Waals surface area (Å²) in [7, 11) is 0. The minimum atomic E-state index is -0.561. The van der Waals surface area contributed by atoms with Crippen LogP contribution in [0.4, 0.5) is 0 Å². The van der Waals surface area contributed by atoms with Crippen LogP contribution < -0.4 is 4.74 Å². The van der Waals surface area contributed by atoms with Gasteiger partial charge in [0, 0.05) is 0 Å². The molecule has 0 unspecified atom stereocenters. The molecule has 76 valence electrons. The molecule has 0 saturated heterocycles. The lowest BCUT2D eigenvalue weighted by molar-refractivity contribution is 0.0751. The van der Waals surface area contributed by atoms with Gasteiger partial charge in [-0.1, -0.05) is 6.92 Å². The summed E-state index contributed by atoms with van der Waals surface area (Å²) in [5.41, 5.74) is 0.406. The van der Waals surface area contributed by atoms with Gasteiger partial charge in [0.15, 0.2) is 0 Å². The maximum atomic E-state index is 10.9. The summed E-state index contributed by atoms with van der Waals surface area (Å²) in [4.78, 5) is 10.9. The van der Waals surface area contributed by atoms with Gasteiger partial charge in [-0.2, -0.15) is 0 Å². The van der Waals surface area contributed by atoms with E-state index >= 15 is 0 Å². The standard InChI is InChI=1S/C10H11ClO3/c1-2-7-13-9-5-3-8(4-6-9)10(12)14-11/h3-6H,2,7H2,1H3. The summed E-state index contributed by atoms with van der Waals surface area (Å²) < 4.78 is 9.39. The molecule has 0 aliphatic heterocycles. The Labute approximate surface area is 87.8 Å². The van der Waals surface area contributed by atoms with E-state index in [0.29, 0.717) is 12.2 Å². The van der Waals surface area contributed by atoms with E-state index in [9.17, 15) is 4.79 Å². The Balaban J connectivity index is 2.63. The summed E-state index contributed by atoms with van der Waals surface area (Å²) in [6.45, 7) is 2.69. The molecule has 1 aromatic carbocycles. The minimum Gasteiger partial charge on any atom is -0.494 e. The molecule has 3 nitrogen and oxygen atoms in total. The summed E-state index contributed by atoms with van der Waals surface area (Å²) in [5, 5.41) is 0. The van der Waals surface area contributed by atoms with Crippen LogP contribution in [0.3, 0.4) is 0 Å². The first-order valence-electron chi connectivity index (χ1n) is 4.33. The molecule has 0 saturated carbocycles. The topological polar surface area (TPSA) is 35.5 Å². The molecule has 0 spiro atoms. The third-order valence-corrected chi connectivity index (χ3v) is 1.77. The van der Waals surface area contributed by atoms with Crippen molar-refractivity contribution in [3.63, 3.8) is 0 Å². The van der Waals surface area contributed by atoms with E-state index in [1.54, 1.807) is 24.3 Å². The van der Waals surface area contributed by atoms with Gasteiger partial charge in [-0.3, -0.25) is 0 Å². The van der Waals surface area contributed by atoms with E-state index < -0.39 is 5.97 Å². The Bertz CT molecular complexity index is 295. The Hall–Kier alpha value is -1.22. The van der Waals surface area contributed by atoms with Crippen LogP contribution in [0.15, 0.2) is 24.3 Å². The number of carbonyl (C=O) groups excluding carboxylic acids is 1. The fraction of sp³-hybridized carbons (Fsp3) is 0.300. The van der Waals surface area contributed by atoms with Gasteiger partial charge in [0.2, 0.25) is 0 Å². The first-order chi connectivity index (χ1) is 6.77. The number of halogens is 1. The number of benzene rings is 1. The maximum absolute atomic E-state index is 10.9. The highest BCUT2D eigenvalue weighted by atomic mass is 35.5. The second-order valence-electron chi connectivity index (χ2n) is 2.74. The molecule has 0 aromatic heterocycles. The van der Waals surface area contributed by atoms with E-state index in [4.69, 9.17) is 16.6 Å². The Morgan fingerprint density at radius 3 is 2.50 bits per heavy atom. The van der Waals surface area contributed by atoms with Gasteiger partial charge in [0.25, 0.3) is 0 Å². The van der Waals surface area contributed by atoms with E-state index in [1.165, 1.54) is 0 Å². The van der Waals surface area contributed by atoms with Gasteiger partial charge in [-0.05, 0) is 30.7 Å². The fourth-order valence-corrected chi connectivity index (χ4v) is 1.04. The molecule has 0 aliphatic rings. The molecule has 0 amide bonds. The summed E-state index contributed by atoms with van der Waals surface area (Å²) in [6.07, 6.45) is 0.950. The second-order valence-corrected chi connectivity index (χ2v) is 2.89. The quantitative estimate of drug-likeness (QED) is 0.773. The third kappa shape index (κ3) is 2.92. The van der Waals surface area contributed by atoms with Crippen molar-refractivity contribution in [2.24, 2.45) is 0 Å². The summed E-state index contributed by atoms with van der Waals surface area (Å²) in [6, 6.07) is 6.63. The molecule has 0 heterocycles. The van der Waals surface area contributed by atoms with Crippen LogP contribution >= 0.6 is 11.9 Å². The van der Waals surface area contributed by atoms with E-state index in [2.05, 4.69) is 4.29 Å². The normalized spacial score (nSPS) is 9.57. The number of hydrogen-bond donors (Lipinski definition) is 0. The number of rotatable bonds is 4. The van der Waals surface area contributed by atoms with E-state index in [0.717, 1.165) is 12.2 Å². The minimum absolute atomic E-state index is 0.406. The average molecular weight is 215 g/mol. The van der Waals surface area contributed by atoms with Crippen molar-refractivity contribution in [3.05, 3.63) is 29.8 Å². The van der Waals surface area contributed by atoms with Crippen molar-refractivity contribution in [2.75, 3.05) is 6.61 Å². The van der Waals surface area contributed by atoms with Gasteiger partial charge >= 0.3 is 5.97 Å². The molecule has 0 bridgehead atoms. The molecule has 0 fully saturated rings. The summed E-state index contributed by atoms with van der Waals surface area (Å²) in [5.74, 6) is 0.173. The fourth-order valence-electron chi connectivity index (χ4n) is 0.952. The highest BCUT2D eigenvalue weighted by molar-refractivity contribution is 6.15. The van der Waals surface area contributed by atoms with E-state index in [1.807, 2.05) is 6.92 Å². The molecule has 14 heavy (non-hydrogen) atoms. The molecule has 1 aromatic rings. The molecular weight excluding hydrogens is 204 g/mol. The highest BCUT2D eigenvalue weighted by Crippen LogP contribution is 2.13.